The number of fused-ring (bicyclic) bond motifs is 2. The zero-order chi connectivity index (χ0) is 18.1. The van der Waals surface area contributed by atoms with Crippen molar-refractivity contribution in [3.05, 3.63) is 64.6 Å². The van der Waals surface area contributed by atoms with Gasteiger partial charge >= 0.3 is 0 Å². The fourth-order valence-electron chi connectivity index (χ4n) is 2.75. The number of nitrogens with zero attached hydrogens (tertiary/aromatic N) is 3. The second-order valence-corrected chi connectivity index (χ2v) is 6.81. The molecule has 130 valence electrons. The highest BCUT2D eigenvalue weighted by atomic mass is 32.1. The third-order valence-corrected chi connectivity index (χ3v) is 4.90. The average Bonchev–Trinajstić information content (AvgIpc) is 3.03. The molecule has 7 nitrogen and oxygen atoms in total. The molecule has 0 saturated carbocycles. The summed E-state index contributed by atoms with van der Waals surface area (Å²) in [6.07, 6.45) is 1.65. The molecule has 2 heterocycles. The maximum absolute atomic E-state index is 12.4. The van der Waals surface area contributed by atoms with Gasteiger partial charge in [0.25, 0.3) is 11.5 Å². The number of hydrogen-bond acceptors (Lipinski definition) is 6. The van der Waals surface area contributed by atoms with Gasteiger partial charge in [-0.25, -0.2) is 9.67 Å². The Morgan fingerprint density at radius 1 is 1.23 bits per heavy atom. The van der Waals surface area contributed by atoms with E-state index in [2.05, 4.69) is 15.4 Å². The Morgan fingerprint density at radius 2 is 2.08 bits per heavy atom. The molecule has 4 rings (SSSR count). The molecule has 0 fully saturated rings. The van der Waals surface area contributed by atoms with Crippen LogP contribution in [0.5, 0.6) is 0 Å². The summed E-state index contributed by atoms with van der Waals surface area (Å²) in [5.74, 6) is -0.229. The second-order valence-electron chi connectivity index (χ2n) is 5.75. The summed E-state index contributed by atoms with van der Waals surface area (Å²) in [4.78, 5) is 28.9. The van der Waals surface area contributed by atoms with Gasteiger partial charge in [0.2, 0.25) is 0 Å². The predicted molar refractivity (Wildman–Crippen MR) is 102 cm³/mol. The van der Waals surface area contributed by atoms with E-state index in [9.17, 15) is 9.59 Å². The van der Waals surface area contributed by atoms with Crippen LogP contribution < -0.4 is 16.6 Å². The van der Waals surface area contributed by atoms with E-state index in [0.717, 1.165) is 10.1 Å². The van der Waals surface area contributed by atoms with Crippen molar-refractivity contribution in [1.29, 1.82) is 0 Å². The third-order valence-electron chi connectivity index (χ3n) is 4.04. The first kappa shape index (κ1) is 16.2. The largest absolute Gasteiger partial charge is 0.375 e. The Labute approximate surface area is 152 Å². The van der Waals surface area contributed by atoms with Crippen molar-refractivity contribution < 1.29 is 4.79 Å². The lowest BCUT2D eigenvalue weighted by atomic mass is 10.2. The summed E-state index contributed by atoms with van der Waals surface area (Å²) in [5.41, 5.74) is 6.72. The van der Waals surface area contributed by atoms with Gasteiger partial charge in [-0.05, 0) is 24.3 Å². The Balaban J connectivity index is 1.46. The summed E-state index contributed by atoms with van der Waals surface area (Å²) >= 11 is 1.38. The maximum atomic E-state index is 12.4. The fourth-order valence-corrected chi connectivity index (χ4v) is 3.47. The molecule has 0 spiro atoms. The molecule has 0 atom stereocenters. The quantitative estimate of drug-likeness (QED) is 0.576. The van der Waals surface area contributed by atoms with Crippen LogP contribution in [0, 0.1) is 0 Å². The van der Waals surface area contributed by atoms with Crippen molar-refractivity contribution in [2.45, 2.75) is 6.54 Å². The van der Waals surface area contributed by atoms with E-state index in [1.807, 2.05) is 24.3 Å². The van der Waals surface area contributed by atoms with Gasteiger partial charge in [0.1, 0.15) is 0 Å². The SMILES string of the molecule is Nc1nc2cc(C(=O)NCCn3ncc4ccccc4c3=O)ccc2s1. The highest BCUT2D eigenvalue weighted by molar-refractivity contribution is 7.22. The number of carbonyl (C=O) groups is 1. The van der Waals surface area contributed by atoms with E-state index < -0.39 is 0 Å². The maximum Gasteiger partial charge on any atom is 0.274 e. The minimum atomic E-state index is -0.229. The van der Waals surface area contributed by atoms with Crippen LogP contribution in [0.4, 0.5) is 5.13 Å². The van der Waals surface area contributed by atoms with Gasteiger partial charge < -0.3 is 11.1 Å². The van der Waals surface area contributed by atoms with E-state index in [4.69, 9.17) is 5.73 Å². The smallest absolute Gasteiger partial charge is 0.274 e. The molecule has 1 amide bonds. The topological polar surface area (TPSA) is 103 Å². The van der Waals surface area contributed by atoms with Crippen LogP contribution in [-0.4, -0.2) is 27.2 Å². The van der Waals surface area contributed by atoms with Crippen molar-refractivity contribution in [2.24, 2.45) is 0 Å². The number of anilines is 1. The number of nitrogens with one attached hydrogen (secondary N) is 1. The fraction of sp³-hybridized carbons (Fsp3) is 0.111. The lowest BCUT2D eigenvalue weighted by Gasteiger charge is -2.08. The highest BCUT2D eigenvalue weighted by Crippen LogP contribution is 2.24. The minimum Gasteiger partial charge on any atom is -0.375 e. The number of thiazole rings is 1. The second kappa shape index (κ2) is 6.57. The minimum absolute atomic E-state index is 0.170. The van der Waals surface area contributed by atoms with Crippen molar-refractivity contribution in [3.63, 3.8) is 0 Å². The number of hydrogen-bond donors (Lipinski definition) is 2. The molecule has 26 heavy (non-hydrogen) atoms. The number of nitrogens with two attached hydrogens (primary N) is 1. The Hall–Kier alpha value is -3.26. The zero-order valence-corrected chi connectivity index (χ0v) is 14.5. The van der Waals surface area contributed by atoms with E-state index in [-0.39, 0.29) is 11.5 Å². The molecule has 0 aliphatic heterocycles. The highest BCUT2D eigenvalue weighted by Gasteiger charge is 2.09. The predicted octanol–water partition coefficient (Wildman–Crippen LogP) is 2.02. The van der Waals surface area contributed by atoms with Crippen LogP contribution in [0.3, 0.4) is 0 Å². The van der Waals surface area contributed by atoms with Crippen LogP contribution in [0.15, 0.2) is 53.5 Å². The summed E-state index contributed by atoms with van der Waals surface area (Å²) in [5, 5.41) is 8.83. The molecule has 3 N–H and O–H groups in total. The van der Waals surface area contributed by atoms with Crippen molar-refractivity contribution in [1.82, 2.24) is 20.1 Å². The van der Waals surface area contributed by atoms with Gasteiger partial charge in [-0.3, -0.25) is 9.59 Å². The van der Waals surface area contributed by atoms with Crippen LogP contribution in [-0.2, 0) is 6.54 Å². The number of benzene rings is 2. The van der Waals surface area contributed by atoms with E-state index >= 15 is 0 Å². The number of nitrogen functional groups attached to an aromatic ring is 1. The molecule has 0 aliphatic rings. The first-order chi connectivity index (χ1) is 12.6. The summed E-state index contributed by atoms with van der Waals surface area (Å²) in [6, 6.07) is 12.6. The molecule has 0 unspecified atom stereocenters. The Bertz CT molecular complexity index is 1180. The summed E-state index contributed by atoms with van der Waals surface area (Å²) < 4.78 is 2.29. The van der Waals surface area contributed by atoms with Gasteiger partial charge in [-0.2, -0.15) is 5.10 Å². The van der Waals surface area contributed by atoms with Crippen molar-refractivity contribution in [3.8, 4) is 0 Å². The third kappa shape index (κ3) is 3.02. The zero-order valence-electron chi connectivity index (χ0n) is 13.7. The molecular weight excluding hydrogens is 350 g/mol. The Morgan fingerprint density at radius 3 is 2.96 bits per heavy atom. The van der Waals surface area contributed by atoms with Gasteiger partial charge in [0.05, 0.1) is 28.3 Å². The molecule has 0 aliphatic carbocycles. The number of aromatic nitrogens is 3. The molecule has 0 radical (unpaired) electrons. The number of amides is 1. The van der Waals surface area contributed by atoms with Crippen molar-refractivity contribution in [2.75, 3.05) is 12.3 Å². The lowest BCUT2D eigenvalue weighted by molar-refractivity contribution is 0.0952. The molecule has 2 aromatic carbocycles. The van der Waals surface area contributed by atoms with Gasteiger partial charge in [0, 0.05) is 17.5 Å². The lowest BCUT2D eigenvalue weighted by Crippen LogP contribution is -2.32. The van der Waals surface area contributed by atoms with Gasteiger partial charge in [0.15, 0.2) is 5.13 Å². The molecule has 8 heteroatoms. The standard InChI is InChI=1S/C18H15N5O2S/c19-18-22-14-9-11(5-6-15(14)26-18)16(24)20-7-8-23-17(25)13-4-2-1-3-12(13)10-21-23/h1-6,9-10H,7-8H2,(H2,19,22)(H,20,24). The van der Waals surface area contributed by atoms with Gasteiger partial charge in [-0.15, -0.1) is 0 Å². The van der Waals surface area contributed by atoms with E-state index in [0.29, 0.717) is 34.7 Å². The molecular formula is C18H15N5O2S. The average molecular weight is 365 g/mol. The molecule has 2 aromatic heterocycles. The van der Waals surface area contributed by atoms with Crippen LogP contribution in [0.25, 0.3) is 21.0 Å². The number of carbonyl (C=O) groups excluding carboxylic acids is 1. The molecule has 4 aromatic rings. The van der Waals surface area contributed by atoms with Crippen LogP contribution in [0.2, 0.25) is 0 Å². The van der Waals surface area contributed by atoms with E-state index in [1.165, 1.54) is 16.0 Å². The molecule has 0 bridgehead atoms. The van der Waals surface area contributed by atoms with Crippen LogP contribution >= 0.6 is 11.3 Å². The first-order valence-electron chi connectivity index (χ1n) is 8.01. The van der Waals surface area contributed by atoms with E-state index in [1.54, 1.807) is 24.4 Å². The summed E-state index contributed by atoms with van der Waals surface area (Å²) in [7, 11) is 0. The van der Waals surface area contributed by atoms with Gasteiger partial charge in [-0.1, -0.05) is 29.5 Å². The van der Waals surface area contributed by atoms with Crippen molar-refractivity contribution >= 4 is 43.4 Å². The first-order valence-corrected chi connectivity index (χ1v) is 8.82. The normalized spacial score (nSPS) is 11.1. The molecule has 0 saturated heterocycles. The van der Waals surface area contributed by atoms with Crippen LogP contribution in [0.1, 0.15) is 10.4 Å². The number of rotatable bonds is 4. The summed E-state index contributed by atoms with van der Waals surface area (Å²) in [6.45, 7) is 0.586. The Kier molecular flexibility index (Phi) is 4.10. The monoisotopic (exact) mass is 365 g/mol.